The second-order valence-electron chi connectivity index (χ2n) is 3.94. The van der Waals surface area contributed by atoms with Crippen LogP contribution in [0.5, 0.6) is 5.75 Å². The lowest BCUT2D eigenvalue weighted by atomic mass is 10.2. The number of rotatable bonds is 5. The van der Waals surface area contributed by atoms with E-state index in [1.807, 2.05) is 0 Å². The predicted molar refractivity (Wildman–Crippen MR) is 72.7 cm³/mol. The molecule has 0 aliphatic heterocycles. The maximum Gasteiger partial charge on any atom is 0.339 e. The molecule has 0 amide bonds. The van der Waals surface area contributed by atoms with Crippen molar-refractivity contribution in [1.82, 2.24) is 0 Å². The number of hydrogen-bond donors (Lipinski definition) is 0. The van der Waals surface area contributed by atoms with Crippen LogP contribution in [0, 0.1) is 10.1 Å². The van der Waals surface area contributed by atoms with E-state index in [0.717, 1.165) is 24.3 Å². The Morgan fingerprint density at radius 1 is 1.05 bits per heavy atom. The van der Waals surface area contributed by atoms with Gasteiger partial charge in [-0.15, -0.1) is 0 Å². The van der Waals surface area contributed by atoms with Crippen molar-refractivity contribution in [3.8, 4) is 5.75 Å². The Labute approximate surface area is 120 Å². The molecule has 0 bridgehead atoms. The lowest BCUT2D eigenvalue weighted by Gasteiger charge is -2.08. The Hall–Kier alpha value is -2.74. The summed E-state index contributed by atoms with van der Waals surface area (Å²) >= 11 is 0. The molecular weight excluding hydrogens is 298 g/mol. The van der Waals surface area contributed by atoms with Crippen LogP contribution in [0.25, 0.3) is 0 Å². The van der Waals surface area contributed by atoms with Crippen molar-refractivity contribution in [2.75, 3.05) is 0 Å². The van der Waals surface area contributed by atoms with E-state index in [0.29, 0.717) is 6.29 Å². The molecule has 2 rings (SSSR count). The second-order valence-corrected chi connectivity index (χ2v) is 5.49. The molecule has 0 radical (unpaired) electrons. The first-order valence-electron chi connectivity index (χ1n) is 5.67. The predicted octanol–water partition coefficient (Wildman–Crippen LogP) is 2.17. The molecule has 108 valence electrons. The average molecular weight is 307 g/mol. The number of para-hydroxylation sites is 1. The van der Waals surface area contributed by atoms with E-state index in [2.05, 4.69) is 0 Å². The Morgan fingerprint density at radius 3 is 2.24 bits per heavy atom. The minimum absolute atomic E-state index is 0.0861. The van der Waals surface area contributed by atoms with Crippen molar-refractivity contribution in [2.24, 2.45) is 0 Å². The molecular formula is C13H9NO6S. The first kappa shape index (κ1) is 14.7. The van der Waals surface area contributed by atoms with Crippen molar-refractivity contribution >= 4 is 22.1 Å². The van der Waals surface area contributed by atoms with Gasteiger partial charge in [-0.2, -0.15) is 8.42 Å². The highest BCUT2D eigenvalue weighted by Gasteiger charge is 2.19. The number of nitro groups is 1. The third kappa shape index (κ3) is 3.23. The Bertz CT molecular complexity index is 783. The van der Waals surface area contributed by atoms with Crippen LogP contribution in [0.1, 0.15) is 10.4 Å². The summed E-state index contributed by atoms with van der Waals surface area (Å²) in [6.45, 7) is 0. The molecule has 0 aliphatic rings. The van der Waals surface area contributed by atoms with Gasteiger partial charge < -0.3 is 4.18 Å². The fraction of sp³-hybridized carbons (Fsp3) is 0. The van der Waals surface area contributed by atoms with Gasteiger partial charge in [-0.05, 0) is 24.3 Å². The zero-order chi connectivity index (χ0) is 15.5. The number of hydrogen-bond acceptors (Lipinski definition) is 6. The van der Waals surface area contributed by atoms with Gasteiger partial charge in [-0.25, -0.2) is 0 Å². The average Bonchev–Trinajstić information content (AvgIpc) is 2.47. The fourth-order valence-corrected chi connectivity index (χ4v) is 2.51. The molecule has 8 heteroatoms. The molecule has 0 atom stereocenters. The van der Waals surface area contributed by atoms with Crippen LogP contribution in [0.2, 0.25) is 0 Å². The molecule has 0 spiro atoms. The van der Waals surface area contributed by atoms with Gasteiger partial charge in [0.2, 0.25) is 0 Å². The summed E-state index contributed by atoms with van der Waals surface area (Å²) in [5.74, 6) is -0.106. The third-order valence-corrected chi connectivity index (χ3v) is 3.83. The second kappa shape index (κ2) is 5.71. The molecule has 2 aromatic rings. The molecule has 0 fully saturated rings. The summed E-state index contributed by atoms with van der Waals surface area (Å²) in [6.07, 6.45) is 0.473. The van der Waals surface area contributed by atoms with E-state index in [-0.39, 0.29) is 21.9 Å². The van der Waals surface area contributed by atoms with Crippen molar-refractivity contribution < 1.29 is 22.3 Å². The van der Waals surface area contributed by atoms with Crippen molar-refractivity contribution in [2.45, 2.75) is 4.90 Å². The molecule has 2 aromatic carbocycles. The van der Waals surface area contributed by atoms with Crippen molar-refractivity contribution in [3.05, 3.63) is 64.2 Å². The largest absolute Gasteiger partial charge is 0.378 e. The highest BCUT2D eigenvalue weighted by Crippen LogP contribution is 2.23. The van der Waals surface area contributed by atoms with Gasteiger partial charge in [0.1, 0.15) is 4.90 Å². The minimum atomic E-state index is -4.17. The molecule has 0 aromatic heterocycles. The SMILES string of the molecule is O=Cc1ccccc1OS(=O)(=O)c1ccc([N+](=O)[O-])cc1. The maximum absolute atomic E-state index is 12.0. The molecule has 21 heavy (non-hydrogen) atoms. The molecule has 0 saturated heterocycles. The molecule has 7 nitrogen and oxygen atoms in total. The van der Waals surface area contributed by atoms with Gasteiger partial charge in [0, 0.05) is 12.1 Å². The van der Waals surface area contributed by atoms with E-state index >= 15 is 0 Å². The zero-order valence-corrected chi connectivity index (χ0v) is 11.3. The number of carbonyl (C=O) groups excluding carboxylic acids is 1. The quantitative estimate of drug-likeness (QED) is 0.363. The Balaban J connectivity index is 2.34. The third-order valence-electron chi connectivity index (χ3n) is 2.58. The smallest absolute Gasteiger partial charge is 0.339 e. The topological polar surface area (TPSA) is 104 Å². The summed E-state index contributed by atoms with van der Waals surface area (Å²) < 4.78 is 29.0. The Morgan fingerprint density at radius 2 is 1.67 bits per heavy atom. The van der Waals surface area contributed by atoms with Crippen LogP contribution < -0.4 is 4.18 Å². The number of benzene rings is 2. The van der Waals surface area contributed by atoms with Crippen LogP contribution in [0.4, 0.5) is 5.69 Å². The van der Waals surface area contributed by atoms with Crippen LogP contribution >= 0.6 is 0 Å². The monoisotopic (exact) mass is 307 g/mol. The van der Waals surface area contributed by atoms with Gasteiger partial charge in [-0.1, -0.05) is 12.1 Å². The van der Waals surface area contributed by atoms with Gasteiger partial charge in [0.25, 0.3) is 5.69 Å². The van der Waals surface area contributed by atoms with Crippen LogP contribution in [0.15, 0.2) is 53.4 Å². The maximum atomic E-state index is 12.0. The molecule has 0 heterocycles. The van der Waals surface area contributed by atoms with Gasteiger partial charge in [0.05, 0.1) is 10.5 Å². The summed E-state index contributed by atoms with van der Waals surface area (Å²) in [7, 11) is -4.17. The first-order chi connectivity index (χ1) is 9.94. The van der Waals surface area contributed by atoms with Gasteiger partial charge in [0.15, 0.2) is 12.0 Å². The zero-order valence-electron chi connectivity index (χ0n) is 10.5. The van der Waals surface area contributed by atoms with E-state index < -0.39 is 15.0 Å². The van der Waals surface area contributed by atoms with E-state index in [1.165, 1.54) is 18.2 Å². The number of aldehydes is 1. The molecule has 0 aliphatic carbocycles. The minimum Gasteiger partial charge on any atom is -0.378 e. The highest BCUT2D eigenvalue weighted by molar-refractivity contribution is 7.87. The lowest BCUT2D eigenvalue weighted by molar-refractivity contribution is -0.384. The number of non-ortho nitro benzene ring substituents is 1. The fourth-order valence-electron chi connectivity index (χ4n) is 1.55. The molecule has 0 unspecified atom stereocenters. The molecule has 0 N–H and O–H groups in total. The standard InChI is InChI=1S/C13H9NO6S/c15-9-10-3-1-2-4-13(10)20-21(18,19)12-7-5-11(6-8-12)14(16)17/h1-9H. The number of nitrogens with zero attached hydrogens (tertiary/aromatic N) is 1. The van der Waals surface area contributed by atoms with Crippen LogP contribution in [-0.4, -0.2) is 19.6 Å². The first-order valence-corrected chi connectivity index (χ1v) is 7.08. The van der Waals surface area contributed by atoms with Crippen molar-refractivity contribution in [3.63, 3.8) is 0 Å². The van der Waals surface area contributed by atoms with E-state index in [4.69, 9.17) is 4.18 Å². The van der Waals surface area contributed by atoms with Gasteiger partial charge >= 0.3 is 10.1 Å². The van der Waals surface area contributed by atoms with E-state index in [9.17, 15) is 23.3 Å². The summed E-state index contributed by atoms with van der Waals surface area (Å²) in [5, 5.41) is 10.5. The summed E-state index contributed by atoms with van der Waals surface area (Å²) in [5.41, 5.74) is -0.148. The van der Waals surface area contributed by atoms with Gasteiger partial charge in [-0.3, -0.25) is 14.9 Å². The Kier molecular flexibility index (Phi) is 3.99. The lowest BCUT2D eigenvalue weighted by Crippen LogP contribution is -2.10. The normalized spacial score (nSPS) is 10.9. The highest BCUT2D eigenvalue weighted by atomic mass is 32.2. The van der Waals surface area contributed by atoms with Crippen LogP contribution in [0.3, 0.4) is 0 Å². The summed E-state index contributed by atoms with van der Waals surface area (Å²) in [6, 6.07) is 10.1. The molecule has 0 saturated carbocycles. The number of nitro benzene ring substituents is 1. The van der Waals surface area contributed by atoms with E-state index in [1.54, 1.807) is 6.07 Å². The number of carbonyl (C=O) groups is 1. The summed E-state index contributed by atoms with van der Waals surface area (Å²) in [4.78, 5) is 20.5. The van der Waals surface area contributed by atoms with Crippen molar-refractivity contribution in [1.29, 1.82) is 0 Å². The van der Waals surface area contributed by atoms with Crippen LogP contribution in [-0.2, 0) is 10.1 Å².